The van der Waals surface area contributed by atoms with E-state index in [0.717, 1.165) is 59.4 Å². The number of hydrogen-bond acceptors (Lipinski definition) is 6. The highest BCUT2D eigenvalue weighted by Crippen LogP contribution is 2.48. The quantitative estimate of drug-likeness (QED) is 0.315. The molecule has 3 aromatic rings. The highest BCUT2D eigenvalue weighted by atomic mass is 16.7. The third-order valence-corrected chi connectivity index (χ3v) is 8.58. The summed E-state index contributed by atoms with van der Waals surface area (Å²) in [4.78, 5) is 28.6. The molecule has 3 atom stereocenters. The van der Waals surface area contributed by atoms with Crippen LogP contribution in [0.2, 0.25) is 0 Å². The minimum Gasteiger partial charge on any atom is -0.490 e. The average molecular weight is 571 g/mol. The molecule has 42 heavy (non-hydrogen) atoms. The van der Waals surface area contributed by atoms with Gasteiger partial charge in [0.25, 0.3) is 0 Å². The van der Waals surface area contributed by atoms with Crippen molar-refractivity contribution in [3.63, 3.8) is 0 Å². The SMILES string of the molecule is CCc1cc(C)cc(CC)c1NC(=O)CN1C[C@H](c2ccc3c(c2)OCO3)C(C(=O)O)[C@@H]1c1ccc(OC2CC2)cc1. The van der Waals surface area contributed by atoms with Gasteiger partial charge in [0.1, 0.15) is 5.75 Å². The largest absolute Gasteiger partial charge is 0.490 e. The first kappa shape index (κ1) is 28.1. The summed E-state index contributed by atoms with van der Waals surface area (Å²) in [6.45, 7) is 6.87. The molecule has 0 bridgehead atoms. The molecule has 2 N–H and O–H groups in total. The van der Waals surface area contributed by atoms with Crippen molar-refractivity contribution in [1.29, 1.82) is 0 Å². The van der Waals surface area contributed by atoms with E-state index in [1.807, 2.05) is 47.4 Å². The number of amides is 1. The fourth-order valence-corrected chi connectivity index (χ4v) is 6.42. The Balaban J connectivity index is 1.32. The van der Waals surface area contributed by atoms with Gasteiger partial charge in [0.15, 0.2) is 11.5 Å². The van der Waals surface area contributed by atoms with Gasteiger partial charge in [-0.05, 0) is 79.1 Å². The molecular weight excluding hydrogens is 532 g/mol. The van der Waals surface area contributed by atoms with Gasteiger partial charge in [-0.3, -0.25) is 14.5 Å². The van der Waals surface area contributed by atoms with E-state index >= 15 is 0 Å². The topological polar surface area (TPSA) is 97.3 Å². The summed E-state index contributed by atoms with van der Waals surface area (Å²) in [5.74, 6) is -0.134. The monoisotopic (exact) mass is 570 g/mol. The Hall–Kier alpha value is -4.04. The van der Waals surface area contributed by atoms with Gasteiger partial charge >= 0.3 is 5.97 Å². The zero-order valence-electron chi connectivity index (χ0n) is 24.4. The molecule has 1 saturated carbocycles. The summed E-state index contributed by atoms with van der Waals surface area (Å²) in [6.07, 6.45) is 4.00. The number of aryl methyl sites for hydroxylation is 3. The molecule has 0 aromatic heterocycles. The van der Waals surface area contributed by atoms with Crippen LogP contribution in [-0.2, 0) is 22.4 Å². The molecule has 1 aliphatic carbocycles. The molecule has 6 rings (SSSR count). The van der Waals surface area contributed by atoms with Crippen LogP contribution in [0.5, 0.6) is 17.2 Å². The van der Waals surface area contributed by atoms with Crippen LogP contribution in [0, 0.1) is 12.8 Å². The minimum absolute atomic E-state index is 0.0655. The number of nitrogens with one attached hydrogen (secondary N) is 1. The van der Waals surface area contributed by atoms with Crippen LogP contribution in [0.3, 0.4) is 0 Å². The Morgan fingerprint density at radius 1 is 0.952 bits per heavy atom. The molecule has 8 heteroatoms. The van der Waals surface area contributed by atoms with Crippen molar-refractivity contribution >= 4 is 17.6 Å². The van der Waals surface area contributed by atoms with Crippen LogP contribution in [-0.4, -0.2) is 47.9 Å². The zero-order valence-corrected chi connectivity index (χ0v) is 24.4. The number of carbonyl (C=O) groups is 2. The maximum Gasteiger partial charge on any atom is 0.309 e. The molecule has 3 aliphatic rings. The van der Waals surface area contributed by atoms with E-state index in [1.54, 1.807) is 0 Å². The number of benzene rings is 3. The number of aliphatic carboxylic acids is 1. The fraction of sp³-hybridized carbons (Fsp3) is 0.412. The second-order valence-corrected chi connectivity index (χ2v) is 11.6. The van der Waals surface area contributed by atoms with Crippen molar-refractivity contribution in [2.45, 2.75) is 64.5 Å². The number of carboxylic acid groups (broad SMARTS) is 1. The maximum atomic E-state index is 13.7. The van der Waals surface area contributed by atoms with Crippen molar-refractivity contribution in [2.24, 2.45) is 5.92 Å². The van der Waals surface area contributed by atoms with E-state index in [1.165, 1.54) is 5.56 Å². The second-order valence-electron chi connectivity index (χ2n) is 11.6. The summed E-state index contributed by atoms with van der Waals surface area (Å²) in [5, 5.41) is 13.8. The third-order valence-electron chi connectivity index (χ3n) is 8.58. The summed E-state index contributed by atoms with van der Waals surface area (Å²) < 4.78 is 17.0. The van der Waals surface area contributed by atoms with Crippen LogP contribution in [0.15, 0.2) is 54.6 Å². The molecule has 1 unspecified atom stereocenters. The van der Waals surface area contributed by atoms with Crippen LogP contribution in [0.4, 0.5) is 5.69 Å². The van der Waals surface area contributed by atoms with Crippen molar-refractivity contribution in [2.75, 3.05) is 25.2 Å². The van der Waals surface area contributed by atoms with E-state index in [0.29, 0.717) is 18.0 Å². The second kappa shape index (κ2) is 11.7. The van der Waals surface area contributed by atoms with Crippen molar-refractivity contribution in [3.8, 4) is 17.2 Å². The molecule has 3 aromatic carbocycles. The van der Waals surface area contributed by atoms with E-state index in [-0.39, 0.29) is 31.3 Å². The average Bonchev–Trinajstić information content (AvgIpc) is 3.52. The summed E-state index contributed by atoms with van der Waals surface area (Å²) in [7, 11) is 0. The van der Waals surface area contributed by atoms with E-state index in [9.17, 15) is 14.7 Å². The van der Waals surface area contributed by atoms with Crippen molar-refractivity contribution in [3.05, 3.63) is 82.4 Å². The number of hydrogen-bond donors (Lipinski definition) is 2. The van der Waals surface area contributed by atoms with Gasteiger partial charge in [-0.15, -0.1) is 0 Å². The van der Waals surface area contributed by atoms with Crippen LogP contribution in [0.1, 0.15) is 66.5 Å². The van der Waals surface area contributed by atoms with Gasteiger partial charge in [-0.1, -0.05) is 49.7 Å². The Morgan fingerprint density at radius 2 is 1.62 bits per heavy atom. The normalized spacial score (nSPS) is 21.4. The number of fused-ring (bicyclic) bond motifs is 1. The Labute approximate surface area is 246 Å². The lowest BCUT2D eigenvalue weighted by atomic mass is 9.82. The van der Waals surface area contributed by atoms with Gasteiger partial charge in [0.2, 0.25) is 12.7 Å². The Bertz CT molecular complexity index is 1460. The van der Waals surface area contributed by atoms with Crippen LogP contribution in [0.25, 0.3) is 0 Å². The third kappa shape index (κ3) is 5.68. The molecule has 220 valence electrons. The molecular formula is C34H38N2O6. The smallest absolute Gasteiger partial charge is 0.309 e. The number of carbonyl (C=O) groups excluding carboxylic acids is 1. The van der Waals surface area contributed by atoms with Gasteiger partial charge in [0, 0.05) is 24.2 Å². The minimum atomic E-state index is -0.899. The molecule has 1 saturated heterocycles. The first-order chi connectivity index (χ1) is 20.3. The lowest BCUT2D eigenvalue weighted by Gasteiger charge is -2.27. The molecule has 2 fully saturated rings. The Morgan fingerprint density at radius 3 is 2.26 bits per heavy atom. The number of ether oxygens (including phenoxy) is 3. The molecule has 1 amide bonds. The van der Waals surface area contributed by atoms with E-state index in [2.05, 4.69) is 38.2 Å². The summed E-state index contributed by atoms with van der Waals surface area (Å²) in [6, 6.07) is 17.1. The number of likely N-dealkylation sites (tertiary alicyclic amines) is 1. The van der Waals surface area contributed by atoms with Crippen molar-refractivity contribution in [1.82, 2.24) is 4.90 Å². The number of rotatable bonds is 10. The summed E-state index contributed by atoms with van der Waals surface area (Å²) >= 11 is 0. The standard InChI is InChI=1S/C34H38N2O6/c1-4-21-14-20(3)15-22(5-2)32(21)35-30(37)18-36-17-27(24-8-13-28-29(16-24)41-19-40-28)31(34(38)39)33(36)23-6-9-25(10-7-23)42-26-11-12-26/h6-10,13-16,26-27,31,33H,4-5,11-12,17-19H2,1-3H3,(H,35,37)(H,38,39)/t27-,31?,33+/m1/s1. The van der Waals surface area contributed by atoms with Gasteiger partial charge in [0.05, 0.1) is 18.6 Å². The lowest BCUT2D eigenvalue weighted by molar-refractivity contribution is -0.143. The predicted octanol–water partition coefficient (Wildman–Crippen LogP) is 5.87. The fourth-order valence-electron chi connectivity index (χ4n) is 6.42. The first-order valence-corrected chi connectivity index (χ1v) is 14.9. The first-order valence-electron chi connectivity index (χ1n) is 14.9. The lowest BCUT2D eigenvalue weighted by Crippen LogP contribution is -2.35. The highest BCUT2D eigenvalue weighted by Gasteiger charge is 2.48. The molecule has 0 spiro atoms. The molecule has 8 nitrogen and oxygen atoms in total. The zero-order chi connectivity index (χ0) is 29.4. The molecule has 2 aliphatic heterocycles. The van der Waals surface area contributed by atoms with Crippen LogP contribution < -0.4 is 19.5 Å². The van der Waals surface area contributed by atoms with Gasteiger partial charge in [-0.25, -0.2) is 0 Å². The number of nitrogens with zero attached hydrogens (tertiary/aromatic N) is 1. The highest BCUT2D eigenvalue weighted by molar-refractivity contribution is 5.94. The van der Waals surface area contributed by atoms with E-state index < -0.39 is 17.9 Å². The number of carboxylic acids is 1. The molecule has 0 radical (unpaired) electrons. The van der Waals surface area contributed by atoms with E-state index in [4.69, 9.17) is 14.2 Å². The van der Waals surface area contributed by atoms with Gasteiger partial charge < -0.3 is 24.6 Å². The molecule has 2 heterocycles. The number of anilines is 1. The van der Waals surface area contributed by atoms with Crippen LogP contribution >= 0.6 is 0 Å². The van der Waals surface area contributed by atoms with Crippen molar-refractivity contribution < 1.29 is 28.9 Å². The van der Waals surface area contributed by atoms with Gasteiger partial charge in [-0.2, -0.15) is 0 Å². The predicted molar refractivity (Wildman–Crippen MR) is 159 cm³/mol. The summed E-state index contributed by atoms with van der Waals surface area (Å²) in [5.41, 5.74) is 5.95. The Kier molecular flexibility index (Phi) is 7.82. The maximum absolute atomic E-state index is 13.7.